The Morgan fingerprint density at radius 3 is 2.65 bits per heavy atom. The summed E-state index contributed by atoms with van der Waals surface area (Å²) in [4.78, 5) is 0. The second kappa shape index (κ2) is 8.28. The zero-order valence-electron chi connectivity index (χ0n) is 12.0. The Morgan fingerprint density at radius 2 is 1.80 bits per heavy atom. The van der Waals surface area contributed by atoms with Crippen LogP contribution < -0.4 is 10.1 Å². The number of unbranched alkanes of at least 4 members (excludes halogenated alkanes) is 3. The van der Waals surface area contributed by atoms with Gasteiger partial charge in [0, 0.05) is 0 Å². The summed E-state index contributed by atoms with van der Waals surface area (Å²) in [6.07, 6.45) is 4.86. The molecule has 0 fully saturated rings. The van der Waals surface area contributed by atoms with Crippen molar-refractivity contribution in [2.24, 2.45) is 0 Å². The maximum Gasteiger partial charge on any atom is 0.134 e. The molecule has 0 aromatic heterocycles. The lowest BCUT2D eigenvalue weighted by Gasteiger charge is -2.10. The third kappa shape index (κ3) is 4.22. The minimum absolute atomic E-state index is 0.788. The number of hydrogen-bond acceptors (Lipinski definition) is 2. The van der Waals surface area contributed by atoms with Gasteiger partial charge in [0.25, 0.3) is 0 Å². The Bertz CT molecular complexity index is 542. The van der Waals surface area contributed by atoms with E-state index in [0.717, 1.165) is 29.8 Å². The van der Waals surface area contributed by atoms with Crippen molar-refractivity contribution in [2.75, 3.05) is 20.2 Å². The highest BCUT2D eigenvalue weighted by molar-refractivity contribution is 9.10. The largest absolute Gasteiger partial charge is 0.492 e. The minimum Gasteiger partial charge on any atom is -0.492 e. The van der Waals surface area contributed by atoms with Gasteiger partial charge in [-0.1, -0.05) is 43.2 Å². The highest BCUT2D eigenvalue weighted by atomic mass is 79.9. The quantitative estimate of drug-likeness (QED) is 0.702. The zero-order valence-corrected chi connectivity index (χ0v) is 13.6. The van der Waals surface area contributed by atoms with E-state index in [0.29, 0.717) is 0 Å². The van der Waals surface area contributed by atoms with Crippen LogP contribution in [0.1, 0.15) is 25.7 Å². The second-order valence-corrected chi connectivity index (χ2v) is 5.76. The van der Waals surface area contributed by atoms with Gasteiger partial charge >= 0.3 is 0 Å². The molecule has 0 unspecified atom stereocenters. The van der Waals surface area contributed by atoms with E-state index in [1.54, 1.807) is 0 Å². The van der Waals surface area contributed by atoms with Crippen LogP contribution in [0, 0.1) is 0 Å². The second-order valence-electron chi connectivity index (χ2n) is 4.97. The monoisotopic (exact) mass is 335 g/mol. The van der Waals surface area contributed by atoms with Crippen molar-refractivity contribution < 1.29 is 4.74 Å². The Balaban J connectivity index is 1.83. The summed E-state index contributed by atoms with van der Waals surface area (Å²) in [5.41, 5.74) is 0. The fourth-order valence-electron chi connectivity index (χ4n) is 2.26. The number of rotatable bonds is 8. The van der Waals surface area contributed by atoms with Gasteiger partial charge in [-0.25, -0.2) is 0 Å². The van der Waals surface area contributed by atoms with E-state index in [1.807, 2.05) is 13.1 Å². The number of hydrogen-bond donors (Lipinski definition) is 1. The molecular weight excluding hydrogens is 314 g/mol. The lowest BCUT2D eigenvalue weighted by Crippen LogP contribution is -2.07. The van der Waals surface area contributed by atoms with Crippen molar-refractivity contribution in [3.8, 4) is 5.75 Å². The first-order valence-corrected chi connectivity index (χ1v) is 8.07. The molecule has 0 amide bonds. The summed E-state index contributed by atoms with van der Waals surface area (Å²) >= 11 is 3.65. The molecular formula is C17H22BrNO. The number of benzene rings is 2. The van der Waals surface area contributed by atoms with Crippen LogP contribution in [0.4, 0.5) is 0 Å². The van der Waals surface area contributed by atoms with Gasteiger partial charge in [0.15, 0.2) is 0 Å². The molecule has 1 N–H and O–H groups in total. The van der Waals surface area contributed by atoms with Gasteiger partial charge in [0.05, 0.1) is 11.1 Å². The molecule has 2 aromatic carbocycles. The van der Waals surface area contributed by atoms with Crippen LogP contribution >= 0.6 is 15.9 Å². The summed E-state index contributed by atoms with van der Waals surface area (Å²) < 4.78 is 6.95. The average molecular weight is 336 g/mol. The zero-order chi connectivity index (χ0) is 14.2. The summed E-state index contributed by atoms with van der Waals surface area (Å²) in [7, 11) is 2.00. The molecule has 2 nitrogen and oxygen atoms in total. The van der Waals surface area contributed by atoms with Crippen molar-refractivity contribution in [2.45, 2.75) is 25.7 Å². The highest BCUT2D eigenvalue weighted by Crippen LogP contribution is 2.33. The van der Waals surface area contributed by atoms with E-state index in [9.17, 15) is 0 Å². The maximum absolute atomic E-state index is 5.89. The van der Waals surface area contributed by atoms with Crippen molar-refractivity contribution in [3.05, 3.63) is 40.9 Å². The number of halogens is 1. The Labute approximate surface area is 129 Å². The molecule has 0 radical (unpaired) electrons. The Morgan fingerprint density at radius 1 is 1.00 bits per heavy atom. The molecule has 2 aromatic rings. The van der Waals surface area contributed by atoms with Gasteiger partial charge in [0.2, 0.25) is 0 Å². The van der Waals surface area contributed by atoms with Gasteiger partial charge in [-0.3, -0.25) is 0 Å². The molecule has 0 spiro atoms. The van der Waals surface area contributed by atoms with Gasteiger partial charge in [-0.05, 0) is 59.2 Å². The minimum atomic E-state index is 0.788. The van der Waals surface area contributed by atoms with E-state index < -0.39 is 0 Å². The molecule has 20 heavy (non-hydrogen) atoms. The van der Waals surface area contributed by atoms with Gasteiger partial charge in [0.1, 0.15) is 5.75 Å². The first-order chi connectivity index (χ1) is 9.83. The lowest BCUT2D eigenvalue weighted by atomic mass is 10.1. The van der Waals surface area contributed by atoms with E-state index in [-0.39, 0.29) is 0 Å². The standard InChI is InChI=1S/C17H22BrNO/c1-19-12-6-2-3-7-13-20-16-11-10-14-8-4-5-9-15(14)17(16)18/h4-5,8-11,19H,2-3,6-7,12-13H2,1H3. The first kappa shape index (κ1) is 15.3. The van der Waals surface area contributed by atoms with Crippen LogP contribution in [-0.2, 0) is 0 Å². The third-order valence-corrected chi connectivity index (χ3v) is 4.22. The van der Waals surface area contributed by atoms with Crippen molar-refractivity contribution in [3.63, 3.8) is 0 Å². The van der Waals surface area contributed by atoms with E-state index in [1.165, 1.54) is 30.0 Å². The predicted molar refractivity (Wildman–Crippen MR) is 89.5 cm³/mol. The van der Waals surface area contributed by atoms with Gasteiger partial charge in [-0.2, -0.15) is 0 Å². The van der Waals surface area contributed by atoms with Crippen LogP contribution in [0.5, 0.6) is 5.75 Å². The van der Waals surface area contributed by atoms with Gasteiger partial charge < -0.3 is 10.1 Å². The molecule has 0 atom stereocenters. The summed E-state index contributed by atoms with van der Waals surface area (Å²) in [6, 6.07) is 12.5. The van der Waals surface area contributed by atoms with Gasteiger partial charge in [-0.15, -0.1) is 0 Å². The van der Waals surface area contributed by atoms with Crippen LogP contribution in [0.25, 0.3) is 10.8 Å². The topological polar surface area (TPSA) is 21.3 Å². The normalized spacial score (nSPS) is 10.9. The van der Waals surface area contributed by atoms with Crippen molar-refractivity contribution in [1.82, 2.24) is 5.32 Å². The predicted octanol–water partition coefficient (Wildman–Crippen LogP) is 4.76. The Hall–Kier alpha value is -1.06. The molecule has 0 aliphatic heterocycles. The van der Waals surface area contributed by atoms with E-state index >= 15 is 0 Å². The summed E-state index contributed by atoms with van der Waals surface area (Å²) in [5, 5.41) is 5.61. The molecule has 108 valence electrons. The summed E-state index contributed by atoms with van der Waals surface area (Å²) in [6.45, 7) is 1.90. The molecule has 0 aliphatic carbocycles. The van der Waals surface area contributed by atoms with Crippen LogP contribution in [0.3, 0.4) is 0 Å². The lowest BCUT2D eigenvalue weighted by molar-refractivity contribution is 0.303. The molecule has 0 saturated heterocycles. The molecule has 2 rings (SSSR count). The molecule has 0 bridgehead atoms. The SMILES string of the molecule is CNCCCCCCOc1ccc2ccccc2c1Br. The Kier molecular flexibility index (Phi) is 6.34. The average Bonchev–Trinajstić information content (AvgIpc) is 2.49. The van der Waals surface area contributed by atoms with Crippen LogP contribution in [0.2, 0.25) is 0 Å². The fourth-order valence-corrected chi connectivity index (χ4v) is 2.87. The number of ether oxygens (including phenoxy) is 1. The molecule has 0 aliphatic rings. The number of nitrogens with one attached hydrogen (secondary N) is 1. The van der Waals surface area contributed by atoms with Crippen molar-refractivity contribution >= 4 is 26.7 Å². The van der Waals surface area contributed by atoms with Crippen molar-refractivity contribution in [1.29, 1.82) is 0 Å². The molecule has 0 saturated carbocycles. The van der Waals surface area contributed by atoms with E-state index in [2.05, 4.69) is 51.6 Å². The maximum atomic E-state index is 5.89. The summed E-state index contributed by atoms with van der Waals surface area (Å²) in [5.74, 6) is 0.943. The fraction of sp³-hybridized carbons (Fsp3) is 0.412. The highest BCUT2D eigenvalue weighted by Gasteiger charge is 2.05. The molecule has 0 heterocycles. The third-order valence-electron chi connectivity index (χ3n) is 3.41. The smallest absolute Gasteiger partial charge is 0.134 e. The van der Waals surface area contributed by atoms with E-state index in [4.69, 9.17) is 4.74 Å². The van der Waals surface area contributed by atoms with Crippen LogP contribution in [0.15, 0.2) is 40.9 Å². The van der Waals surface area contributed by atoms with Crippen LogP contribution in [-0.4, -0.2) is 20.2 Å². The first-order valence-electron chi connectivity index (χ1n) is 7.27. The molecule has 3 heteroatoms. The number of fused-ring (bicyclic) bond motifs is 1.